The van der Waals surface area contributed by atoms with E-state index in [0.717, 1.165) is 74.5 Å². The highest BCUT2D eigenvalue weighted by Gasteiger charge is 2.33. The van der Waals surface area contributed by atoms with Gasteiger partial charge in [-0.05, 0) is 44.7 Å². The van der Waals surface area contributed by atoms with Crippen LogP contribution in [0.3, 0.4) is 0 Å². The van der Waals surface area contributed by atoms with Crippen LogP contribution in [0.25, 0.3) is 0 Å². The zero-order valence-electron chi connectivity index (χ0n) is 22.1. The number of aryl methyl sites for hydroxylation is 1. The number of anilines is 1. The molecule has 2 aromatic rings. The van der Waals surface area contributed by atoms with Crippen molar-refractivity contribution >= 4 is 11.7 Å². The quantitative estimate of drug-likeness (QED) is 0.610. The molecule has 192 valence electrons. The number of carbonyl (C=O) groups excluding carboxylic acids is 1. The molecule has 2 aliphatic rings. The number of nitrogens with zero attached hydrogens (tertiary/aromatic N) is 4. The van der Waals surface area contributed by atoms with E-state index in [1.165, 1.54) is 5.56 Å². The van der Waals surface area contributed by atoms with Gasteiger partial charge in [0.1, 0.15) is 11.9 Å². The van der Waals surface area contributed by atoms with Gasteiger partial charge >= 0.3 is 0 Å². The molecule has 0 aliphatic carbocycles. The van der Waals surface area contributed by atoms with Gasteiger partial charge in [0.05, 0.1) is 24.3 Å². The van der Waals surface area contributed by atoms with Gasteiger partial charge in [-0.25, -0.2) is 4.98 Å². The summed E-state index contributed by atoms with van der Waals surface area (Å²) in [6.07, 6.45) is 3.42. The maximum atomic E-state index is 12.7. The molecule has 1 atom stereocenters. The van der Waals surface area contributed by atoms with E-state index in [0.29, 0.717) is 18.7 Å². The molecule has 0 radical (unpaired) electrons. The normalized spacial score (nSPS) is 18.2. The van der Waals surface area contributed by atoms with Crippen LogP contribution in [0.2, 0.25) is 0 Å². The first-order valence-corrected chi connectivity index (χ1v) is 13.2. The number of rotatable bonds is 8. The molecule has 3 heterocycles. The minimum atomic E-state index is -0.287. The van der Waals surface area contributed by atoms with Crippen molar-refractivity contribution in [1.29, 1.82) is 5.26 Å². The van der Waals surface area contributed by atoms with Gasteiger partial charge in [0.15, 0.2) is 0 Å². The summed E-state index contributed by atoms with van der Waals surface area (Å²) < 4.78 is 6.07. The van der Waals surface area contributed by atoms with Gasteiger partial charge in [0.25, 0.3) is 0 Å². The lowest BCUT2D eigenvalue weighted by molar-refractivity contribution is -0.122. The fraction of sp³-hybridized carbons (Fsp3) is 0.552. The highest BCUT2D eigenvalue weighted by molar-refractivity contribution is 5.78. The zero-order valence-corrected chi connectivity index (χ0v) is 22.1. The smallest absolute Gasteiger partial charge is 0.234 e. The first-order chi connectivity index (χ1) is 17.3. The number of piperazine rings is 1. The molecular formula is C29H39N5O2. The molecule has 36 heavy (non-hydrogen) atoms. The Morgan fingerprint density at radius 3 is 2.58 bits per heavy atom. The predicted molar refractivity (Wildman–Crippen MR) is 142 cm³/mol. The Labute approximate surface area is 215 Å². The van der Waals surface area contributed by atoms with Gasteiger partial charge in [0, 0.05) is 49.9 Å². The Hall–Kier alpha value is -2.95. The van der Waals surface area contributed by atoms with Crippen molar-refractivity contribution in [2.45, 2.75) is 71.6 Å². The molecule has 0 bridgehead atoms. The molecule has 2 aliphatic heterocycles. The average Bonchev–Trinajstić information content (AvgIpc) is 2.84. The number of hydrogen-bond donors (Lipinski definition) is 1. The fourth-order valence-electron chi connectivity index (χ4n) is 5.27. The number of nitrogens with one attached hydrogen (secondary N) is 1. The van der Waals surface area contributed by atoms with Gasteiger partial charge in [-0.1, -0.05) is 43.7 Å². The van der Waals surface area contributed by atoms with Gasteiger partial charge in [-0.2, -0.15) is 5.26 Å². The number of pyridine rings is 1. The van der Waals surface area contributed by atoms with E-state index in [1.54, 1.807) is 0 Å². The number of ether oxygens (including phenoxy) is 1. The predicted octanol–water partition coefficient (Wildman–Crippen LogP) is 3.63. The Kier molecular flexibility index (Phi) is 8.28. The van der Waals surface area contributed by atoms with Crippen LogP contribution in [-0.4, -0.2) is 60.2 Å². The standard InChI is InChI=1S/C29H39N5O2/c1-5-9-26-25-20-36-29(3,4)17-23(25)24(18-30)28(32-26)34-14-12-33(13-15-34)19-27(35)31-21(2)16-22-10-7-6-8-11-22/h6-8,10-11,21H,5,9,12-17,19-20H2,1-4H3,(H,31,35)/t21-/m0/s1. The summed E-state index contributed by atoms with van der Waals surface area (Å²) in [6.45, 7) is 12.3. The van der Waals surface area contributed by atoms with E-state index in [-0.39, 0.29) is 17.6 Å². The minimum Gasteiger partial charge on any atom is -0.370 e. The van der Waals surface area contributed by atoms with Crippen molar-refractivity contribution in [3.8, 4) is 6.07 Å². The molecule has 1 aromatic heterocycles. The van der Waals surface area contributed by atoms with E-state index in [2.05, 4.69) is 54.1 Å². The lowest BCUT2D eigenvalue weighted by Crippen LogP contribution is -2.51. The Bertz CT molecular complexity index is 1100. The van der Waals surface area contributed by atoms with E-state index in [4.69, 9.17) is 9.72 Å². The molecule has 1 amide bonds. The lowest BCUT2D eigenvalue weighted by atomic mass is 9.87. The maximum Gasteiger partial charge on any atom is 0.234 e. The zero-order chi connectivity index (χ0) is 25.7. The van der Waals surface area contributed by atoms with E-state index >= 15 is 0 Å². The van der Waals surface area contributed by atoms with Crippen LogP contribution in [0.5, 0.6) is 0 Å². The lowest BCUT2D eigenvalue weighted by Gasteiger charge is -2.38. The Morgan fingerprint density at radius 1 is 1.19 bits per heavy atom. The third kappa shape index (κ3) is 6.24. The number of amides is 1. The summed E-state index contributed by atoms with van der Waals surface area (Å²) in [5.41, 5.74) is 4.91. The summed E-state index contributed by atoms with van der Waals surface area (Å²) >= 11 is 0. The van der Waals surface area contributed by atoms with Crippen molar-refractivity contribution in [1.82, 2.24) is 15.2 Å². The molecule has 7 nitrogen and oxygen atoms in total. The highest BCUT2D eigenvalue weighted by atomic mass is 16.5. The van der Waals surface area contributed by atoms with Crippen LogP contribution in [0.15, 0.2) is 30.3 Å². The molecular weight excluding hydrogens is 450 g/mol. The molecule has 0 saturated carbocycles. The second-order valence-corrected chi connectivity index (χ2v) is 10.7. The number of fused-ring (bicyclic) bond motifs is 1. The molecule has 1 saturated heterocycles. The third-order valence-electron chi connectivity index (χ3n) is 7.12. The summed E-state index contributed by atoms with van der Waals surface area (Å²) in [5, 5.41) is 13.3. The first kappa shape index (κ1) is 26.1. The van der Waals surface area contributed by atoms with Crippen molar-refractivity contribution in [2.24, 2.45) is 0 Å². The van der Waals surface area contributed by atoms with Crippen LogP contribution in [-0.2, 0) is 35.4 Å². The van der Waals surface area contributed by atoms with Crippen molar-refractivity contribution < 1.29 is 9.53 Å². The van der Waals surface area contributed by atoms with Gasteiger partial charge < -0.3 is 15.0 Å². The highest BCUT2D eigenvalue weighted by Crippen LogP contribution is 2.36. The number of benzene rings is 1. The van der Waals surface area contributed by atoms with Crippen molar-refractivity contribution in [2.75, 3.05) is 37.6 Å². The molecule has 7 heteroatoms. The van der Waals surface area contributed by atoms with Crippen LogP contribution >= 0.6 is 0 Å². The largest absolute Gasteiger partial charge is 0.370 e. The van der Waals surface area contributed by atoms with Crippen molar-refractivity contribution in [3.63, 3.8) is 0 Å². The summed E-state index contributed by atoms with van der Waals surface area (Å²) in [7, 11) is 0. The molecule has 1 N–H and O–H groups in total. The second kappa shape index (κ2) is 11.4. The van der Waals surface area contributed by atoms with E-state index in [9.17, 15) is 10.1 Å². The molecule has 0 spiro atoms. The Morgan fingerprint density at radius 2 is 1.92 bits per heavy atom. The van der Waals surface area contributed by atoms with Gasteiger partial charge in [-0.3, -0.25) is 9.69 Å². The minimum absolute atomic E-state index is 0.0592. The SMILES string of the molecule is CCCc1nc(N2CCN(CC(=O)N[C@@H](C)Cc3ccccc3)CC2)c(C#N)c2c1COC(C)(C)C2. The number of nitriles is 1. The fourth-order valence-corrected chi connectivity index (χ4v) is 5.27. The average molecular weight is 490 g/mol. The number of carbonyl (C=O) groups is 1. The van der Waals surface area contributed by atoms with Crippen molar-refractivity contribution in [3.05, 3.63) is 58.3 Å². The van der Waals surface area contributed by atoms with Crippen LogP contribution in [0.4, 0.5) is 5.82 Å². The summed E-state index contributed by atoms with van der Waals surface area (Å²) in [6, 6.07) is 12.8. The maximum absolute atomic E-state index is 12.7. The van der Waals surface area contributed by atoms with E-state index < -0.39 is 0 Å². The first-order valence-electron chi connectivity index (χ1n) is 13.2. The third-order valence-corrected chi connectivity index (χ3v) is 7.12. The monoisotopic (exact) mass is 489 g/mol. The second-order valence-electron chi connectivity index (χ2n) is 10.7. The van der Waals surface area contributed by atoms with Crippen LogP contribution in [0, 0.1) is 11.3 Å². The summed E-state index contributed by atoms with van der Waals surface area (Å²) in [4.78, 5) is 22.1. The molecule has 4 rings (SSSR count). The van der Waals surface area contributed by atoms with Gasteiger partial charge in [-0.15, -0.1) is 0 Å². The topological polar surface area (TPSA) is 81.5 Å². The Balaban J connectivity index is 1.39. The van der Waals surface area contributed by atoms with E-state index in [1.807, 2.05) is 25.1 Å². The molecule has 0 unspecified atom stereocenters. The summed E-state index contributed by atoms with van der Waals surface area (Å²) in [5.74, 6) is 0.863. The van der Waals surface area contributed by atoms with Gasteiger partial charge in [0.2, 0.25) is 5.91 Å². The molecule has 1 aromatic carbocycles. The molecule has 1 fully saturated rings. The van der Waals surface area contributed by atoms with Crippen LogP contribution < -0.4 is 10.2 Å². The van der Waals surface area contributed by atoms with Crippen LogP contribution in [0.1, 0.15) is 62.1 Å². The number of aromatic nitrogens is 1. The number of hydrogen-bond acceptors (Lipinski definition) is 6.